The van der Waals surface area contributed by atoms with Crippen LogP contribution in [0.1, 0.15) is 12.5 Å². The SMILES string of the molecule is C=C1NC(=Cc2ccccc2OC)C(=O)C1C(=O)OCC. The van der Waals surface area contributed by atoms with Crippen LogP contribution in [0.3, 0.4) is 0 Å². The highest BCUT2D eigenvalue weighted by atomic mass is 16.5. The van der Waals surface area contributed by atoms with Crippen molar-refractivity contribution in [2.75, 3.05) is 13.7 Å². The monoisotopic (exact) mass is 287 g/mol. The molecule has 1 N–H and O–H groups in total. The molecule has 0 aromatic heterocycles. The van der Waals surface area contributed by atoms with Crippen LogP contribution in [-0.2, 0) is 14.3 Å². The van der Waals surface area contributed by atoms with Gasteiger partial charge < -0.3 is 14.8 Å². The summed E-state index contributed by atoms with van der Waals surface area (Å²) in [6, 6.07) is 7.29. The summed E-state index contributed by atoms with van der Waals surface area (Å²) >= 11 is 0. The highest BCUT2D eigenvalue weighted by Crippen LogP contribution is 2.27. The molecule has 1 aliphatic heterocycles. The van der Waals surface area contributed by atoms with Gasteiger partial charge in [-0.25, -0.2) is 0 Å². The maximum absolute atomic E-state index is 12.3. The Morgan fingerprint density at radius 3 is 2.81 bits per heavy atom. The van der Waals surface area contributed by atoms with E-state index in [-0.39, 0.29) is 12.4 Å². The Labute approximate surface area is 123 Å². The van der Waals surface area contributed by atoms with Crippen LogP contribution >= 0.6 is 0 Å². The second kappa shape index (κ2) is 6.26. The fourth-order valence-electron chi connectivity index (χ4n) is 2.14. The van der Waals surface area contributed by atoms with Crippen LogP contribution in [0.15, 0.2) is 42.2 Å². The van der Waals surface area contributed by atoms with Crippen LogP contribution in [0.25, 0.3) is 6.08 Å². The molecule has 1 aromatic rings. The third-order valence-electron chi connectivity index (χ3n) is 3.13. The number of methoxy groups -OCH3 is 1. The molecule has 1 aromatic carbocycles. The number of Topliss-reactive ketones (excluding diaryl/α,β-unsaturated/α-hetero) is 1. The van der Waals surface area contributed by atoms with E-state index >= 15 is 0 Å². The lowest BCUT2D eigenvalue weighted by atomic mass is 10.0. The summed E-state index contributed by atoms with van der Waals surface area (Å²) < 4.78 is 10.1. The lowest BCUT2D eigenvalue weighted by molar-refractivity contribution is -0.148. The first-order chi connectivity index (χ1) is 10.1. The van der Waals surface area contributed by atoms with Gasteiger partial charge in [-0.15, -0.1) is 0 Å². The molecule has 0 amide bonds. The first kappa shape index (κ1) is 14.8. The van der Waals surface area contributed by atoms with Crippen LogP contribution < -0.4 is 10.1 Å². The fourth-order valence-corrected chi connectivity index (χ4v) is 2.14. The van der Waals surface area contributed by atoms with E-state index in [9.17, 15) is 9.59 Å². The third-order valence-corrected chi connectivity index (χ3v) is 3.13. The quantitative estimate of drug-likeness (QED) is 0.520. The zero-order chi connectivity index (χ0) is 15.4. The molecule has 0 radical (unpaired) electrons. The Morgan fingerprint density at radius 1 is 1.43 bits per heavy atom. The van der Waals surface area contributed by atoms with Crippen molar-refractivity contribution in [1.29, 1.82) is 0 Å². The molecule has 5 nitrogen and oxygen atoms in total. The Balaban J connectivity index is 2.30. The number of rotatable bonds is 4. The van der Waals surface area contributed by atoms with Gasteiger partial charge in [0.1, 0.15) is 5.75 Å². The Morgan fingerprint density at radius 2 is 2.14 bits per heavy atom. The maximum atomic E-state index is 12.3. The summed E-state index contributed by atoms with van der Waals surface area (Å²) in [6.45, 7) is 5.64. The van der Waals surface area contributed by atoms with E-state index in [1.54, 1.807) is 26.2 Å². The molecule has 1 heterocycles. The minimum absolute atomic E-state index is 0.224. The third kappa shape index (κ3) is 2.97. The van der Waals surface area contributed by atoms with Crippen LogP contribution in [0.5, 0.6) is 5.75 Å². The van der Waals surface area contributed by atoms with E-state index in [1.165, 1.54) is 0 Å². The van der Waals surface area contributed by atoms with Crippen LogP contribution in [0.4, 0.5) is 0 Å². The first-order valence-electron chi connectivity index (χ1n) is 6.59. The van der Waals surface area contributed by atoms with Gasteiger partial charge in [0.15, 0.2) is 11.7 Å². The molecule has 21 heavy (non-hydrogen) atoms. The molecule has 1 atom stereocenters. The van der Waals surface area contributed by atoms with Crippen molar-refractivity contribution < 1.29 is 19.1 Å². The molecule has 0 bridgehead atoms. The van der Waals surface area contributed by atoms with Crippen LogP contribution in [0.2, 0.25) is 0 Å². The number of carbonyl (C=O) groups excluding carboxylic acids is 2. The van der Waals surface area contributed by atoms with Crippen molar-refractivity contribution in [1.82, 2.24) is 5.32 Å². The number of nitrogens with one attached hydrogen (secondary N) is 1. The number of ether oxygens (including phenoxy) is 2. The van der Waals surface area contributed by atoms with E-state index in [1.807, 2.05) is 18.2 Å². The molecule has 5 heteroatoms. The standard InChI is InChI=1S/C16H17NO4/c1-4-21-16(19)14-10(2)17-12(15(14)18)9-11-7-5-6-8-13(11)20-3/h5-9,14,17H,2,4H2,1,3H3. The van der Waals surface area contributed by atoms with Crippen molar-refractivity contribution >= 4 is 17.8 Å². The summed E-state index contributed by atoms with van der Waals surface area (Å²) in [7, 11) is 1.56. The van der Waals surface area contributed by atoms with E-state index in [2.05, 4.69) is 11.9 Å². The number of hydrogen-bond acceptors (Lipinski definition) is 5. The number of allylic oxidation sites excluding steroid dienone is 1. The molecule has 110 valence electrons. The van der Waals surface area contributed by atoms with Crippen LogP contribution in [-0.4, -0.2) is 25.5 Å². The van der Waals surface area contributed by atoms with Crippen molar-refractivity contribution in [2.45, 2.75) is 6.92 Å². The zero-order valence-electron chi connectivity index (χ0n) is 12.0. The summed E-state index contributed by atoms with van der Waals surface area (Å²) in [6.07, 6.45) is 1.64. The Kier molecular flexibility index (Phi) is 4.42. The van der Waals surface area contributed by atoms with Crippen molar-refractivity contribution in [3.63, 3.8) is 0 Å². The van der Waals surface area contributed by atoms with Gasteiger partial charge in [-0.2, -0.15) is 0 Å². The number of hydrogen-bond donors (Lipinski definition) is 1. The van der Waals surface area contributed by atoms with Crippen LogP contribution in [0, 0.1) is 5.92 Å². The molecule has 0 aliphatic carbocycles. The van der Waals surface area contributed by atoms with Gasteiger partial charge in [0.05, 0.1) is 19.4 Å². The molecular formula is C16H17NO4. The lowest BCUT2D eigenvalue weighted by Gasteiger charge is -2.06. The van der Waals surface area contributed by atoms with Gasteiger partial charge in [0, 0.05) is 11.3 Å². The summed E-state index contributed by atoms with van der Waals surface area (Å²) in [4.78, 5) is 24.1. The minimum Gasteiger partial charge on any atom is -0.496 e. The predicted molar refractivity (Wildman–Crippen MR) is 78.4 cm³/mol. The molecule has 0 spiro atoms. The maximum Gasteiger partial charge on any atom is 0.322 e. The second-order valence-corrected chi connectivity index (χ2v) is 4.50. The number of benzene rings is 1. The van der Waals surface area contributed by atoms with Crippen molar-refractivity contribution in [3.05, 3.63) is 47.8 Å². The minimum atomic E-state index is -0.981. The number of ketones is 1. The van der Waals surface area contributed by atoms with Gasteiger partial charge in [-0.1, -0.05) is 24.8 Å². The van der Waals surface area contributed by atoms with E-state index in [0.29, 0.717) is 17.1 Å². The summed E-state index contributed by atoms with van der Waals surface area (Å²) in [5, 5.41) is 2.85. The first-order valence-corrected chi connectivity index (χ1v) is 6.59. The van der Waals surface area contributed by atoms with Gasteiger partial charge in [0.25, 0.3) is 0 Å². The summed E-state index contributed by atoms with van der Waals surface area (Å²) in [5.74, 6) is -1.26. The molecule has 1 fully saturated rings. The van der Waals surface area contributed by atoms with Gasteiger partial charge >= 0.3 is 5.97 Å². The largest absolute Gasteiger partial charge is 0.496 e. The average Bonchev–Trinajstić information content (AvgIpc) is 2.74. The Hall–Kier alpha value is -2.56. The van der Waals surface area contributed by atoms with E-state index < -0.39 is 11.9 Å². The Bertz CT molecular complexity index is 618. The average molecular weight is 287 g/mol. The molecule has 1 saturated heterocycles. The fraction of sp³-hybridized carbons (Fsp3) is 0.250. The van der Waals surface area contributed by atoms with E-state index in [4.69, 9.17) is 9.47 Å². The highest BCUT2D eigenvalue weighted by molar-refractivity contribution is 6.15. The molecule has 1 aliphatic rings. The molecular weight excluding hydrogens is 270 g/mol. The number of esters is 1. The molecule has 2 rings (SSSR count). The lowest BCUT2D eigenvalue weighted by Crippen LogP contribution is -2.23. The van der Waals surface area contributed by atoms with Crippen molar-refractivity contribution in [3.8, 4) is 5.75 Å². The van der Waals surface area contributed by atoms with E-state index in [0.717, 1.165) is 5.56 Å². The highest BCUT2D eigenvalue weighted by Gasteiger charge is 2.39. The topological polar surface area (TPSA) is 64.6 Å². The predicted octanol–water partition coefficient (Wildman–Crippen LogP) is 1.90. The zero-order valence-corrected chi connectivity index (χ0v) is 12.0. The normalized spacial score (nSPS) is 19.5. The number of para-hydroxylation sites is 1. The molecule has 0 saturated carbocycles. The van der Waals surface area contributed by atoms with Crippen molar-refractivity contribution in [2.24, 2.45) is 5.92 Å². The summed E-state index contributed by atoms with van der Waals surface area (Å²) in [5.41, 5.74) is 1.38. The van der Waals surface area contributed by atoms with Gasteiger partial charge in [-0.3, -0.25) is 9.59 Å². The van der Waals surface area contributed by atoms with Gasteiger partial charge in [-0.05, 0) is 19.1 Å². The smallest absolute Gasteiger partial charge is 0.322 e. The number of carbonyl (C=O) groups is 2. The van der Waals surface area contributed by atoms with Gasteiger partial charge in [0.2, 0.25) is 0 Å². The molecule has 1 unspecified atom stereocenters. The second-order valence-electron chi connectivity index (χ2n) is 4.50.